The molecular weight excluding hydrogens is 252 g/mol. The normalized spacial score (nSPS) is 30.1. The van der Waals surface area contributed by atoms with E-state index in [0.29, 0.717) is 17.7 Å². The molecule has 0 aromatic carbocycles. The fraction of sp³-hybridized carbons (Fsp3) is 0.688. The van der Waals surface area contributed by atoms with E-state index in [1.54, 1.807) is 14.2 Å². The average molecular weight is 276 g/mol. The number of ether oxygens (including phenoxy) is 2. The van der Waals surface area contributed by atoms with Crippen LogP contribution in [0.1, 0.15) is 37.8 Å². The second-order valence-corrected chi connectivity index (χ2v) is 6.06. The Kier molecular flexibility index (Phi) is 3.59. The number of fused-ring (bicyclic) bond motifs is 1. The lowest BCUT2D eigenvalue weighted by Gasteiger charge is -2.40. The van der Waals surface area contributed by atoms with Crippen molar-refractivity contribution in [2.45, 2.75) is 43.6 Å². The SMILES string of the molecule is COc1ccc([C@@]23CCCC[C@@H]2N(C)CC3)nc1OC. The molecule has 0 bridgehead atoms. The van der Waals surface area contributed by atoms with Crippen molar-refractivity contribution in [3.05, 3.63) is 17.8 Å². The van der Waals surface area contributed by atoms with E-state index >= 15 is 0 Å². The second-order valence-electron chi connectivity index (χ2n) is 6.06. The van der Waals surface area contributed by atoms with Crippen LogP contribution in [0.2, 0.25) is 0 Å². The highest BCUT2D eigenvalue weighted by molar-refractivity contribution is 5.38. The fourth-order valence-corrected chi connectivity index (χ4v) is 4.12. The topological polar surface area (TPSA) is 34.6 Å². The van der Waals surface area contributed by atoms with Crippen molar-refractivity contribution < 1.29 is 9.47 Å². The van der Waals surface area contributed by atoms with Crippen molar-refractivity contribution in [2.24, 2.45) is 0 Å². The molecule has 0 amide bonds. The van der Waals surface area contributed by atoms with E-state index in [1.165, 1.54) is 44.3 Å². The first-order valence-electron chi connectivity index (χ1n) is 7.51. The summed E-state index contributed by atoms with van der Waals surface area (Å²) in [6.45, 7) is 1.17. The van der Waals surface area contributed by atoms with Gasteiger partial charge in [0.25, 0.3) is 5.88 Å². The van der Waals surface area contributed by atoms with Gasteiger partial charge >= 0.3 is 0 Å². The highest BCUT2D eigenvalue weighted by atomic mass is 16.5. The van der Waals surface area contributed by atoms with Crippen LogP contribution in [-0.2, 0) is 5.41 Å². The van der Waals surface area contributed by atoms with Crippen LogP contribution in [0.15, 0.2) is 12.1 Å². The second kappa shape index (κ2) is 5.24. The van der Waals surface area contributed by atoms with Gasteiger partial charge < -0.3 is 14.4 Å². The predicted molar refractivity (Wildman–Crippen MR) is 78.5 cm³/mol. The number of methoxy groups -OCH3 is 2. The van der Waals surface area contributed by atoms with Crippen LogP contribution < -0.4 is 9.47 Å². The zero-order valence-electron chi connectivity index (χ0n) is 12.7. The van der Waals surface area contributed by atoms with Gasteiger partial charge in [0.2, 0.25) is 0 Å². The molecule has 1 aromatic heterocycles. The van der Waals surface area contributed by atoms with Crippen LogP contribution in [0, 0.1) is 0 Å². The maximum Gasteiger partial charge on any atom is 0.256 e. The van der Waals surface area contributed by atoms with Gasteiger partial charge in [-0.15, -0.1) is 0 Å². The van der Waals surface area contributed by atoms with Gasteiger partial charge in [0, 0.05) is 11.5 Å². The Hall–Kier alpha value is -1.29. The molecule has 1 aliphatic carbocycles. The average Bonchev–Trinajstić information content (AvgIpc) is 2.85. The summed E-state index contributed by atoms with van der Waals surface area (Å²) in [5.41, 5.74) is 1.40. The van der Waals surface area contributed by atoms with Crippen LogP contribution in [0.4, 0.5) is 0 Å². The van der Waals surface area contributed by atoms with Crippen molar-refractivity contribution >= 4 is 0 Å². The molecule has 0 radical (unpaired) electrons. The van der Waals surface area contributed by atoms with Gasteiger partial charge in [-0.1, -0.05) is 12.8 Å². The number of nitrogens with zero attached hydrogens (tertiary/aromatic N) is 2. The Balaban J connectivity index is 2.02. The molecule has 3 rings (SSSR count). The van der Waals surface area contributed by atoms with Gasteiger partial charge in [0.15, 0.2) is 5.75 Å². The monoisotopic (exact) mass is 276 g/mol. The molecule has 0 spiro atoms. The van der Waals surface area contributed by atoms with Crippen LogP contribution in [0.5, 0.6) is 11.6 Å². The number of likely N-dealkylation sites (N-methyl/N-ethyl adjacent to an activating group) is 1. The first-order valence-corrected chi connectivity index (χ1v) is 7.51. The summed E-state index contributed by atoms with van der Waals surface area (Å²) in [7, 11) is 5.56. The maximum absolute atomic E-state index is 5.39. The Morgan fingerprint density at radius 1 is 1.20 bits per heavy atom. The van der Waals surface area contributed by atoms with E-state index < -0.39 is 0 Å². The van der Waals surface area contributed by atoms with E-state index in [2.05, 4.69) is 18.0 Å². The molecule has 0 unspecified atom stereocenters. The molecule has 2 aliphatic rings. The van der Waals surface area contributed by atoms with Crippen LogP contribution >= 0.6 is 0 Å². The summed E-state index contributed by atoms with van der Waals surface area (Å²) < 4.78 is 10.7. The first kappa shape index (κ1) is 13.7. The number of pyridine rings is 1. The molecule has 4 heteroatoms. The van der Waals surface area contributed by atoms with Gasteiger partial charge in [-0.3, -0.25) is 0 Å². The van der Waals surface area contributed by atoms with E-state index in [-0.39, 0.29) is 5.41 Å². The minimum absolute atomic E-state index is 0.215. The van der Waals surface area contributed by atoms with Gasteiger partial charge in [-0.25, -0.2) is 4.98 Å². The molecule has 110 valence electrons. The lowest BCUT2D eigenvalue weighted by atomic mass is 9.68. The third kappa shape index (κ3) is 1.97. The van der Waals surface area contributed by atoms with E-state index in [1.807, 2.05) is 6.07 Å². The number of likely N-dealkylation sites (tertiary alicyclic amines) is 1. The van der Waals surface area contributed by atoms with Crippen molar-refractivity contribution in [2.75, 3.05) is 27.8 Å². The molecule has 1 aliphatic heterocycles. The van der Waals surface area contributed by atoms with Crippen LogP contribution in [-0.4, -0.2) is 43.7 Å². The first-order chi connectivity index (χ1) is 9.71. The molecule has 1 saturated carbocycles. The van der Waals surface area contributed by atoms with E-state index in [9.17, 15) is 0 Å². The lowest BCUT2D eigenvalue weighted by Crippen LogP contribution is -2.44. The zero-order valence-corrected chi connectivity index (χ0v) is 12.7. The summed E-state index contributed by atoms with van der Waals surface area (Å²) in [6.07, 6.45) is 6.37. The summed E-state index contributed by atoms with van der Waals surface area (Å²) in [4.78, 5) is 7.29. The van der Waals surface area contributed by atoms with Crippen LogP contribution in [0.25, 0.3) is 0 Å². The van der Waals surface area contributed by atoms with Gasteiger partial charge in [0.1, 0.15) is 0 Å². The van der Waals surface area contributed by atoms with E-state index in [0.717, 1.165) is 0 Å². The molecule has 20 heavy (non-hydrogen) atoms. The lowest BCUT2D eigenvalue weighted by molar-refractivity contribution is 0.177. The Labute approximate surface area is 121 Å². The van der Waals surface area contributed by atoms with E-state index in [4.69, 9.17) is 14.5 Å². The molecule has 2 heterocycles. The highest BCUT2D eigenvalue weighted by Crippen LogP contribution is 2.48. The molecule has 0 N–H and O–H groups in total. The number of aromatic nitrogens is 1. The Morgan fingerprint density at radius 2 is 2.05 bits per heavy atom. The minimum Gasteiger partial charge on any atom is -0.491 e. The number of hydrogen-bond acceptors (Lipinski definition) is 4. The van der Waals surface area contributed by atoms with Crippen molar-refractivity contribution in [3.8, 4) is 11.6 Å². The molecule has 1 saturated heterocycles. The quantitative estimate of drug-likeness (QED) is 0.850. The van der Waals surface area contributed by atoms with Crippen molar-refractivity contribution in [1.82, 2.24) is 9.88 Å². The summed E-state index contributed by atoms with van der Waals surface area (Å²) in [5, 5.41) is 0. The molecule has 4 nitrogen and oxygen atoms in total. The Bertz CT molecular complexity index is 487. The van der Waals surface area contributed by atoms with Crippen molar-refractivity contribution in [3.63, 3.8) is 0 Å². The standard InChI is InChI=1S/C16H24N2O2/c1-18-11-10-16(9-5-4-6-14(16)18)13-8-7-12(19-2)15(17-13)20-3/h7-8,14H,4-6,9-11H2,1-3H3/t14-,16-/m0/s1. The molecule has 2 atom stereocenters. The smallest absolute Gasteiger partial charge is 0.256 e. The summed E-state index contributed by atoms with van der Waals surface area (Å²) in [5.74, 6) is 1.32. The fourth-order valence-electron chi connectivity index (χ4n) is 4.12. The molecule has 1 aromatic rings. The van der Waals surface area contributed by atoms with Gasteiger partial charge in [0.05, 0.1) is 19.9 Å². The highest BCUT2D eigenvalue weighted by Gasteiger charge is 2.49. The molecule has 2 fully saturated rings. The maximum atomic E-state index is 5.39. The third-order valence-electron chi connectivity index (χ3n) is 5.18. The third-order valence-corrected chi connectivity index (χ3v) is 5.18. The van der Waals surface area contributed by atoms with Gasteiger partial charge in [-0.05, 0) is 45.0 Å². The molecular formula is C16H24N2O2. The van der Waals surface area contributed by atoms with Crippen molar-refractivity contribution in [1.29, 1.82) is 0 Å². The number of hydrogen-bond donors (Lipinski definition) is 0. The minimum atomic E-state index is 0.215. The number of rotatable bonds is 3. The summed E-state index contributed by atoms with van der Waals surface area (Å²) in [6, 6.07) is 4.76. The largest absolute Gasteiger partial charge is 0.491 e. The Morgan fingerprint density at radius 3 is 2.80 bits per heavy atom. The summed E-state index contributed by atoms with van der Waals surface area (Å²) >= 11 is 0. The van der Waals surface area contributed by atoms with Gasteiger partial charge in [-0.2, -0.15) is 0 Å². The zero-order chi connectivity index (χ0) is 14.2. The van der Waals surface area contributed by atoms with Crippen LogP contribution in [0.3, 0.4) is 0 Å². The predicted octanol–water partition coefficient (Wildman–Crippen LogP) is 2.61.